The van der Waals surface area contributed by atoms with Crippen LogP contribution in [0.2, 0.25) is 0 Å². The van der Waals surface area contributed by atoms with E-state index in [1.54, 1.807) is 6.26 Å². The van der Waals surface area contributed by atoms with Gasteiger partial charge >= 0.3 is 0 Å². The van der Waals surface area contributed by atoms with Crippen LogP contribution in [0.1, 0.15) is 30.9 Å². The van der Waals surface area contributed by atoms with Crippen molar-refractivity contribution in [2.24, 2.45) is 5.73 Å². The number of hydrogen-bond donors (Lipinski definition) is 1. The van der Waals surface area contributed by atoms with Crippen LogP contribution in [0.4, 0.5) is 0 Å². The summed E-state index contributed by atoms with van der Waals surface area (Å²) in [6.45, 7) is 2.45. The van der Waals surface area contributed by atoms with Crippen molar-refractivity contribution in [3.63, 3.8) is 0 Å². The van der Waals surface area contributed by atoms with Gasteiger partial charge in [-0.3, -0.25) is 0 Å². The Morgan fingerprint density at radius 3 is 2.82 bits per heavy atom. The molecule has 2 aromatic heterocycles. The summed E-state index contributed by atoms with van der Waals surface area (Å²) < 4.78 is 10.6. The van der Waals surface area contributed by atoms with Gasteiger partial charge in [-0.05, 0) is 25.8 Å². The summed E-state index contributed by atoms with van der Waals surface area (Å²) in [6, 6.07) is 1.85. The van der Waals surface area contributed by atoms with Gasteiger partial charge in [-0.2, -0.15) is 4.98 Å². The van der Waals surface area contributed by atoms with Crippen LogP contribution in [-0.2, 0) is 5.41 Å². The van der Waals surface area contributed by atoms with Crippen molar-refractivity contribution in [1.82, 2.24) is 10.1 Å². The van der Waals surface area contributed by atoms with E-state index in [9.17, 15) is 0 Å². The maximum atomic E-state index is 5.81. The number of nitrogens with two attached hydrogens (primary N) is 1. The van der Waals surface area contributed by atoms with Crippen LogP contribution in [0.15, 0.2) is 21.3 Å². The summed E-state index contributed by atoms with van der Waals surface area (Å²) in [5.74, 6) is 2.06. The Morgan fingerprint density at radius 1 is 1.47 bits per heavy atom. The average Bonchev–Trinajstić information content (AvgIpc) is 2.86. The minimum absolute atomic E-state index is 0.0805. The number of aromatic nitrogens is 2. The number of furan rings is 1. The van der Waals surface area contributed by atoms with Gasteiger partial charge in [0.1, 0.15) is 5.76 Å². The Kier molecular flexibility index (Phi) is 2.29. The molecule has 0 unspecified atom stereocenters. The van der Waals surface area contributed by atoms with Crippen molar-refractivity contribution in [3.05, 3.63) is 24.0 Å². The highest BCUT2D eigenvalue weighted by Crippen LogP contribution is 2.42. The molecular weight excluding hydrogens is 218 g/mol. The predicted octanol–water partition coefficient (Wildman–Crippen LogP) is 2.02. The van der Waals surface area contributed by atoms with E-state index >= 15 is 0 Å². The Bertz CT molecular complexity index is 520. The number of hydrogen-bond acceptors (Lipinski definition) is 5. The highest BCUT2D eigenvalue weighted by molar-refractivity contribution is 5.56. The zero-order chi connectivity index (χ0) is 11.9. The molecule has 3 rings (SSSR count). The lowest BCUT2D eigenvalue weighted by Gasteiger charge is -2.36. The Hall–Kier alpha value is -1.62. The minimum Gasteiger partial charge on any atom is -0.469 e. The van der Waals surface area contributed by atoms with Crippen molar-refractivity contribution >= 4 is 0 Å². The van der Waals surface area contributed by atoms with Crippen LogP contribution in [-0.4, -0.2) is 16.7 Å². The zero-order valence-corrected chi connectivity index (χ0v) is 9.77. The fraction of sp³-hybridized carbons (Fsp3) is 0.500. The van der Waals surface area contributed by atoms with Crippen LogP contribution in [0, 0.1) is 6.92 Å². The largest absolute Gasteiger partial charge is 0.469 e. The van der Waals surface area contributed by atoms with Crippen molar-refractivity contribution in [2.45, 2.75) is 31.6 Å². The molecular formula is C12H15N3O2. The second kappa shape index (κ2) is 3.70. The molecule has 1 saturated carbocycles. The van der Waals surface area contributed by atoms with Gasteiger partial charge in [-0.1, -0.05) is 11.6 Å². The molecule has 2 heterocycles. The summed E-state index contributed by atoms with van der Waals surface area (Å²) in [6.07, 6.45) is 4.88. The van der Waals surface area contributed by atoms with E-state index in [-0.39, 0.29) is 5.41 Å². The molecule has 1 aliphatic rings. The molecule has 0 saturated heterocycles. The van der Waals surface area contributed by atoms with Crippen LogP contribution in [0.25, 0.3) is 11.4 Å². The van der Waals surface area contributed by atoms with E-state index in [1.165, 1.54) is 6.42 Å². The molecule has 1 fully saturated rings. The highest BCUT2D eigenvalue weighted by atomic mass is 16.5. The predicted molar refractivity (Wildman–Crippen MR) is 61.3 cm³/mol. The topological polar surface area (TPSA) is 78.1 Å². The summed E-state index contributed by atoms with van der Waals surface area (Å²) in [5, 5.41) is 4.01. The first kappa shape index (κ1) is 10.5. The van der Waals surface area contributed by atoms with Gasteiger partial charge in [0.2, 0.25) is 11.7 Å². The van der Waals surface area contributed by atoms with Gasteiger partial charge in [0, 0.05) is 6.54 Å². The molecule has 17 heavy (non-hydrogen) atoms. The van der Waals surface area contributed by atoms with Crippen LogP contribution < -0.4 is 5.73 Å². The van der Waals surface area contributed by atoms with Gasteiger partial charge in [-0.15, -0.1) is 0 Å². The molecule has 0 radical (unpaired) electrons. The van der Waals surface area contributed by atoms with E-state index in [1.807, 2.05) is 13.0 Å². The van der Waals surface area contributed by atoms with Gasteiger partial charge in [0.05, 0.1) is 17.2 Å². The molecule has 0 aliphatic heterocycles. The van der Waals surface area contributed by atoms with Crippen LogP contribution in [0.5, 0.6) is 0 Å². The maximum Gasteiger partial charge on any atom is 0.234 e. The third-order valence-electron chi connectivity index (χ3n) is 3.68. The molecule has 90 valence electrons. The molecule has 0 aromatic carbocycles. The average molecular weight is 233 g/mol. The summed E-state index contributed by atoms with van der Waals surface area (Å²) in [4.78, 5) is 4.46. The molecule has 0 amide bonds. The lowest BCUT2D eigenvalue weighted by molar-refractivity contribution is 0.182. The van der Waals surface area contributed by atoms with Gasteiger partial charge in [0.15, 0.2) is 0 Å². The monoisotopic (exact) mass is 233 g/mol. The van der Waals surface area contributed by atoms with Crippen molar-refractivity contribution in [2.75, 3.05) is 6.54 Å². The first-order valence-corrected chi connectivity index (χ1v) is 5.84. The highest BCUT2D eigenvalue weighted by Gasteiger charge is 2.42. The first-order chi connectivity index (χ1) is 8.25. The summed E-state index contributed by atoms with van der Waals surface area (Å²) in [7, 11) is 0. The molecule has 0 bridgehead atoms. The quantitative estimate of drug-likeness (QED) is 0.877. The molecule has 0 atom stereocenters. The SMILES string of the molecule is Cc1occc1-c1noc(C2(CN)CCC2)n1. The zero-order valence-electron chi connectivity index (χ0n) is 9.77. The minimum atomic E-state index is -0.0805. The summed E-state index contributed by atoms with van der Waals surface area (Å²) in [5.41, 5.74) is 6.61. The Morgan fingerprint density at radius 2 is 2.29 bits per heavy atom. The molecule has 2 N–H and O–H groups in total. The van der Waals surface area contributed by atoms with E-state index in [4.69, 9.17) is 14.7 Å². The van der Waals surface area contributed by atoms with E-state index < -0.39 is 0 Å². The maximum absolute atomic E-state index is 5.81. The van der Waals surface area contributed by atoms with E-state index in [2.05, 4.69) is 10.1 Å². The normalized spacial score (nSPS) is 18.0. The third kappa shape index (κ3) is 1.50. The smallest absolute Gasteiger partial charge is 0.234 e. The summed E-state index contributed by atoms with van der Waals surface area (Å²) >= 11 is 0. The first-order valence-electron chi connectivity index (χ1n) is 5.84. The molecule has 5 heteroatoms. The fourth-order valence-electron chi connectivity index (χ4n) is 2.27. The molecule has 1 aliphatic carbocycles. The Labute approximate surface area is 99.0 Å². The second-order valence-corrected chi connectivity index (χ2v) is 4.65. The number of rotatable bonds is 3. The standard InChI is InChI=1S/C12H15N3O2/c1-8-9(3-6-16-8)10-14-11(17-15-10)12(7-13)4-2-5-12/h3,6H,2,4-5,7,13H2,1H3. The third-order valence-corrected chi connectivity index (χ3v) is 3.68. The van der Waals surface area contributed by atoms with E-state index in [0.717, 1.165) is 24.2 Å². The van der Waals surface area contributed by atoms with E-state index in [0.29, 0.717) is 18.3 Å². The lowest BCUT2D eigenvalue weighted by atomic mass is 9.69. The van der Waals surface area contributed by atoms with Crippen LogP contribution in [0.3, 0.4) is 0 Å². The fourth-order valence-corrected chi connectivity index (χ4v) is 2.27. The lowest BCUT2D eigenvalue weighted by Crippen LogP contribution is -2.41. The molecule has 0 spiro atoms. The van der Waals surface area contributed by atoms with Gasteiger partial charge < -0.3 is 14.7 Å². The van der Waals surface area contributed by atoms with Crippen molar-refractivity contribution in [1.29, 1.82) is 0 Å². The second-order valence-electron chi connectivity index (χ2n) is 4.65. The number of aryl methyl sites for hydroxylation is 1. The van der Waals surface area contributed by atoms with Crippen LogP contribution >= 0.6 is 0 Å². The van der Waals surface area contributed by atoms with Crippen molar-refractivity contribution in [3.8, 4) is 11.4 Å². The van der Waals surface area contributed by atoms with Gasteiger partial charge in [0.25, 0.3) is 0 Å². The van der Waals surface area contributed by atoms with Crippen molar-refractivity contribution < 1.29 is 8.94 Å². The Balaban J connectivity index is 1.96. The molecule has 5 nitrogen and oxygen atoms in total. The van der Waals surface area contributed by atoms with Gasteiger partial charge in [-0.25, -0.2) is 0 Å². The number of nitrogens with zero attached hydrogens (tertiary/aromatic N) is 2. The molecule has 2 aromatic rings.